The molecule has 1 heterocycles. The molecule has 0 amide bonds. The van der Waals surface area contributed by atoms with Crippen molar-refractivity contribution >= 4 is 5.57 Å². The largest absolute Gasteiger partial charge is 0.389 e. The highest BCUT2D eigenvalue weighted by atomic mass is 19.1. The van der Waals surface area contributed by atoms with Crippen molar-refractivity contribution in [3.8, 4) is 0 Å². The average molecular weight is 376 g/mol. The van der Waals surface area contributed by atoms with Crippen molar-refractivity contribution < 1.29 is 9.50 Å². The van der Waals surface area contributed by atoms with E-state index in [0.717, 1.165) is 5.56 Å². The number of hydrogen-bond acceptors (Lipinski definition) is 3. The molecular formula is C24H25FN2O. The van der Waals surface area contributed by atoms with Crippen LogP contribution in [0.15, 0.2) is 85.1 Å². The van der Waals surface area contributed by atoms with Gasteiger partial charge in [-0.1, -0.05) is 66.8 Å². The molecule has 0 aromatic heterocycles. The molecule has 2 aromatic carbocycles. The van der Waals surface area contributed by atoms with Crippen molar-refractivity contribution in [2.75, 3.05) is 13.6 Å². The maximum Gasteiger partial charge on any atom is 0.123 e. The minimum absolute atomic E-state index is 0.0833. The number of aliphatic hydroxyl groups is 1. The third-order valence-electron chi connectivity index (χ3n) is 5.49. The Bertz CT molecular complexity index is 906. The number of nitrogens with zero attached hydrogens (tertiary/aromatic N) is 1. The molecule has 144 valence electrons. The molecule has 0 fully saturated rings. The molecule has 0 spiro atoms. The zero-order valence-electron chi connectivity index (χ0n) is 15.9. The van der Waals surface area contributed by atoms with Gasteiger partial charge in [0, 0.05) is 18.7 Å². The fourth-order valence-electron chi connectivity index (χ4n) is 4.27. The van der Waals surface area contributed by atoms with Crippen LogP contribution in [0, 0.1) is 11.7 Å². The summed E-state index contributed by atoms with van der Waals surface area (Å²) in [5.74, 6) is -0.0912. The average Bonchev–Trinajstić information content (AvgIpc) is 3.09. The maximum atomic E-state index is 14.0. The molecule has 2 unspecified atom stereocenters. The van der Waals surface area contributed by atoms with E-state index in [4.69, 9.17) is 0 Å². The van der Waals surface area contributed by atoms with Crippen LogP contribution in [0.3, 0.4) is 0 Å². The van der Waals surface area contributed by atoms with Gasteiger partial charge in [0.05, 0.1) is 18.2 Å². The third kappa shape index (κ3) is 3.53. The molecule has 2 N–H and O–H groups in total. The molecule has 4 heteroatoms. The van der Waals surface area contributed by atoms with Gasteiger partial charge in [-0.25, -0.2) is 4.39 Å². The summed E-state index contributed by atoms with van der Waals surface area (Å²) < 4.78 is 14.0. The van der Waals surface area contributed by atoms with Crippen LogP contribution in [-0.4, -0.2) is 35.7 Å². The van der Waals surface area contributed by atoms with E-state index >= 15 is 0 Å². The van der Waals surface area contributed by atoms with Crippen molar-refractivity contribution in [3.05, 3.63) is 102 Å². The molecular weight excluding hydrogens is 351 g/mol. The van der Waals surface area contributed by atoms with Crippen LogP contribution >= 0.6 is 0 Å². The summed E-state index contributed by atoms with van der Waals surface area (Å²) in [5, 5.41) is 14.0. The number of hydrogen-bond donors (Lipinski definition) is 2. The van der Waals surface area contributed by atoms with Crippen LogP contribution in [0.1, 0.15) is 17.2 Å². The number of halogens is 1. The number of likely N-dealkylation sites (N-methyl/N-ethyl adjacent to an activating group) is 1. The van der Waals surface area contributed by atoms with E-state index in [0.29, 0.717) is 6.54 Å². The van der Waals surface area contributed by atoms with E-state index in [1.807, 2.05) is 37.4 Å². The minimum Gasteiger partial charge on any atom is -0.389 e. The lowest BCUT2D eigenvalue weighted by Gasteiger charge is -2.38. The molecule has 1 aliphatic carbocycles. The van der Waals surface area contributed by atoms with E-state index < -0.39 is 6.10 Å². The molecule has 0 saturated carbocycles. The lowest BCUT2D eigenvalue weighted by Crippen LogP contribution is -2.42. The molecule has 3 nitrogen and oxygen atoms in total. The van der Waals surface area contributed by atoms with Crippen LogP contribution in [0.25, 0.3) is 5.57 Å². The van der Waals surface area contributed by atoms with Crippen LogP contribution in [0.5, 0.6) is 0 Å². The van der Waals surface area contributed by atoms with Crippen molar-refractivity contribution in [2.45, 2.75) is 18.2 Å². The van der Waals surface area contributed by atoms with E-state index in [2.05, 4.69) is 46.8 Å². The highest BCUT2D eigenvalue weighted by Gasteiger charge is 2.39. The van der Waals surface area contributed by atoms with E-state index in [1.165, 1.54) is 23.3 Å². The predicted molar refractivity (Wildman–Crippen MR) is 111 cm³/mol. The Balaban J connectivity index is 1.79. The van der Waals surface area contributed by atoms with Gasteiger partial charge in [0.1, 0.15) is 5.82 Å². The number of allylic oxidation sites excluding steroid dienone is 2. The van der Waals surface area contributed by atoms with Gasteiger partial charge in [-0.15, -0.1) is 0 Å². The van der Waals surface area contributed by atoms with E-state index in [1.54, 1.807) is 6.07 Å². The Labute approximate surface area is 165 Å². The van der Waals surface area contributed by atoms with Crippen molar-refractivity contribution in [1.29, 1.82) is 0 Å². The van der Waals surface area contributed by atoms with Gasteiger partial charge in [0.2, 0.25) is 0 Å². The van der Waals surface area contributed by atoms with Gasteiger partial charge in [0.25, 0.3) is 0 Å². The minimum atomic E-state index is -0.682. The fraction of sp³-hybridized carbons (Fsp3) is 0.250. The van der Waals surface area contributed by atoms with Crippen LogP contribution in [0.4, 0.5) is 4.39 Å². The van der Waals surface area contributed by atoms with Crippen molar-refractivity contribution in [3.63, 3.8) is 0 Å². The molecule has 4 atom stereocenters. The zero-order chi connectivity index (χ0) is 19.5. The highest BCUT2D eigenvalue weighted by Crippen LogP contribution is 2.43. The summed E-state index contributed by atoms with van der Waals surface area (Å²) in [7, 11) is 1.81. The second-order valence-corrected chi connectivity index (χ2v) is 7.31. The first kappa shape index (κ1) is 18.7. The Morgan fingerprint density at radius 2 is 1.86 bits per heavy atom. The summed E-state index contributed by atoms with van der Waals surface area (Å²) in [6.45, 7) is 0.420. The Morgan fingerprint density at radius 3 is 2.61 bits per heavy atom. The summed E-state index contributed by atoms with van der Waals surface area (Å²) in [5.41, 5.74) is 3.15. The van der Waals surface area contributed by atoms with Crippen LogP contribution in [0.2, 0.25) is 0 Å². The first-order valence-corrected chi connectivity index (χ1v) is 9.66. The molecule has 2 aromatic rings. The SMILES string of the molecule is CNC[C@@H](O)[C@H](c1cccc(F)c1)N1C=C(c2ccccc2)C2C=CC=CC21. The molecule has 28 heavy (non-hydrogen) atoms. The molecule has 4 rings (SSSR count). The number of rotatable bonds is 6. The van der Waals surface area contributed by atoms with Gasteiger partial charge in [-0.2, -0.15) is 0 Å². The van der Waals surface area contributed by atoms with Gasteiger partial charge in [0.15, 0.2) is 0 Å². The molecule has 2 aliphatic rings. The van der Waals surface area contributed by atoms with Crippen LogP contribution < -0.4 is 5.32 Å². The number of nitrogens with one attached hydrogen (secondary N) is 1. The van der Waals surface area contributed by atoms with E-state index in [-0.39, 0.29) is 23.8 Å². The van der Waals surface area contributed by atoms with E-state index in [9.17, 15) is 9.50 Å². The monoisotopic (exact) mass is 376 g/mol. The molecule has 1 aliphatic heterocycles. The maximum absolute atomic E-state index is 14.0. The second-order valence-electron chi connectivity index (χ2n) is 7.31. The van der Waals surface area contributed by atoms with Gasteiger partial charge >= 0.3 is 0 Å². The Morgan fingerprint density at radius 1 is 1.07 bits per heavy atom. The summed E-state index contributed by atoms with van der Waals surface area (Å²) >= 11 is 0. The first-order chi connectivity index (χ1) is 13.7. The normalized spacial score (nSPS) is 22.7. The van der Waals surface area contributed by atoms with Crippen LogP contribution in [-0.2, 0) is 0 Å². The highest BCUT2D eigenvalue weighted by molar-refractivity contribution is 5.72. The zero-order valence-corrected chi connectivity index (χ0v) is 15.9. The van der Waals surface area contributed by atoms with Gasteiger partial charge in [-0.05, 0) is 35.9 Å². The Hall–Kier alpha value is -2.69. The smallest absolute Gasteiger partial charge is 0.123 e. The molecule has 0 saturated heterocycles. The van der Waals surface area contributed by atoms with Crippen molar-refractivity contribution in [1.82, 2.24) is 10.2 Å². The summed E-state index contributed by atoms with van der Waals surface area (Å²) in [6.07, 6.45) is 9.94. The topological polar surface area (TPSA) is 35.5 Å². The number of aliphatic hydroxyl groups excluding tert-OH is 1. The first-order valence-electron chi connectivity index (χ1n) is 9.66. The second kappa shape index (κ2) is 8.13. The predicted octanol–water partition coefficient (Wildman–Crippen LogP) is 3.91. The summed E-state index contributed by atoms with van der Waals surface area (Å²) in [4.78, 5) is 2.18. The summed E-state index contributed by atoms with van der Waals surface area (Å²) in [6, 6.07) is 16.6. The number of benzene rings is 2. The lowest BCUT2D eigenvalue weighted by atomic mass is 9.86. The molecule has 0 radical (unpaired) electrons. The Kier molecular flexibility index (Phi) is 5.42. The van der Waals surface area contributed by atoms with Gasteiger partial charge in [-0.3, -0.25) is 0 Å². The van der Waals surface area contributed by atoms with Crippen molar-refractivity contribution in [2.24, 2.45) is 5.92 Å². The van der Waals surface area contributed by atoms with Gasteiger partial charge < -0.3 is 15.3 Å². The third-order valence-corrected chi connectivity index (χ3v) is 5.49. The quantitative estimate of drug-likeness (QED) is 0.802. The fourth-order valence-corrected chi connectivity index (χ4v) is 4.27. The number of fused-ring (bicyclic) bond motifs is 1. The lowest BCUT2D eigenvalue weighted by molar-refractivity contribution is 0.0640. The molecule has 0 bridgehead atoms. The standard InChI is InChI=1S/C24H25FN2O/c1-26-15-23(28)24(18-10-7-11-19(25)14-18)27-16-21(17-8-3-2-4-9-17)20-12-5-6-13-22(20)27/h2-14,16,20,22-24,26,28H,15H2,1H3/t20?,22?,23-,24+/m1/s1.